The number of hydrogen-bond acceptors (Lipinski definition) is 4. The van der Waals surface area contributed by atoms with E-state index in [0.717, 1.165) is 10.6 Å². The van der Waals surface area contributed by atoms with Gasteiger partial charge in [-0.3, -0.25) is 4.79 Å². The molecule has 5 heteroatoms. The van der Waals surface area contributed by atoms with E-state index in [9.17, 15) is 9.18 Å². The second-order valence-electron chi connectivity index (χ2n) is 3.89. The molecule has 94 valence electrons. The number of halogens is 1. The second-order valence-corrected chi connectivity index (χ2v) is 4.83. The number of ketones is 1. The van der Waals surface area contributed by atoms with Crippen LogP contribution >= 0.6 is 11.3 Å². The lowest BCUT2D eigenvalue weighted by Crippen LogP contribution is -2.06. The Labute approximate surface area is 108 Å². The molecule has 0 saturated heterocycles. The SMILES string of the molecule is NCCc1nc(C(=O)Cc2ccc(F)cc2)cs1. The van der Waals surface area contributed by atoms with Gasteiger partial charge in [0, 0.05) is 18.2 Å². The minimum atomic E-state index is -0.301. The molecule has 0 atom stereocenters. The predicted octanol–water partition coefficient (Wildman–Crippen LogP) is 2.21. The van der Waals surface area contributed by atoms with Crippen molar-refractivity contribution in [3.8, 4) is 0 Å². The molecule has 0 radical (unpaired) electrons. The van der Waals surface area contributed by atoms with E-state index in [-0.39, 0.29) is 18.0 Å². The van der Waals surface area contributed by atoms with Gasteiger partial charge in [0.15, 0.2) is 5.78 Å². The summed E-state index contributed by atoms with van der Waals surface area (Å²) < 4.78 is 12.7. The summed E-state index contributed by atoms with van der Waals surface area (Å²) in [4.78, 5) is 16.2. The van der Waals surface area contributed by atoms with Gasteiger partial charge in [-0.05, 0) is 24.2 Å². The summed E-state index contributed by atoms with van der Waals surface area (Å²) in [5, 5.41) is 2.62. The third kappa shape index (κ3) is 3.21. The Bertz CT molecular complexity index is 536. The molecule has 1 aromatic heterocycles. The van der Waals surface area contributed by atoms with E-state index in [4.69, 9.17) is 5.73 Å². The molecule has 0 aliphatic rings. The first-order valence-electron chi connectivity index (χ1n) is 5.61. The van der Waals surface area contributed by atoms with Gasteiger partial charge >= 0.3 is 0 Å². The van der Waals surface area contributed by atoms with Crippen molar-refractivity contribution < 1.29 is 9.18 Å². The van der Waals surface area contributed by atoms with Crippen LogP contribution in [0.3, 0.4) is 0 Å². The Kier molecular flexibility index (Phi) is 4.17. The van der Waals surface area contributed by atoms with Crippen molar-refractivity contribution in [2.45, 2.75) is 12.8 Å². The molecule has 1 heterocycles. The van der Waals surface area contributed by atoms with Gasteiger partial charge in [-0.2, -0.15) is 0 Å². The Morgan fingerprint density at radius 1 is 1.33 bits per heavy atom. The van der Waals surface area contributed by atoms with E-state index >= 15 is 0 Å². The Balaban J connectivity index is 2.04. The molecule has 0 aliphatic heterocycles. The molecule has 1 aromatic carbocycles. The summed E-state index contributed by atoms with van der Waals surface area (Å²) in [6, 6.07) is 5.92. The smallest absolute Gasteiger partial charge is 0.186 e. The molecule has 2 aromatic rings. The number of nitrogens with zero attached hydrogens (tertiary/aromatic N) is 1. The van der Waals surface area contributed by atoms with Crippen LogP contribution in [-0.4, -0.2) is 17.3 Å². The fraction of sp³-hybridized carbons (Fsp3) is 0.231. The van der Waals surface area contributed by atoms with Crippen molar-refractivity contribution >= 4 is 17.1 Å². The van der Waals surface area contributed by atoms with Crippen LogP contribution in [0.25, 0.3) is 0 Å². The van der Waals surface area contributed by atoms with Gasteiger partial charge in [0.2, 0.25) is 0 Å². The molecule has 3 nitrogen and oxygen atoms in total. The number of benzene rings is 1. The van der Waals surface area contributed by atoms with E-state index < -0.39 is 0 Å². The summed E-state index contributed by atoms with van der Waals surface area (Å²) in [7, 11) is 0. The van der Waals surface area contributed by atoms with Gasteiger partial charge in [0.1, 0.15) is 11.5 Å². The van der Waals surface area contributed by atoms with Crippen molar-refractivity contribution in [1.82, 2.24) is 4.98 Å². The Morgan fingerprint density at radius 3 is 2.72 bits per heavy atom. The van der Waals surface area contributed by atoms with Crippen LogP contribution in [0.15, 0.2) is 29.6 Å². The minimum absolute atomic E-state index is 0.0545. The van der Waals surface area contributed by atoms with Crippen molar-refractivity contribution in [2.75, 3.05) is 6.54 Å². The van der Waals surface area contributed by atoms with E-state index in [2.05, 4.69) is 4.98 Å². The van der Waals surface area contributed by atoms with Gasteiger partial charge in [-0.1, -0.05) is 12.1 Å². The van der Waals surface area contributed by atoms with Crippen molar-refractivity contribution in [1.29, 1.82) is 0 Å². The van der Waals surface area contributed by atoms with Gasteiger partial charge in [0.25, 0.3) is 0 Å². The fourth-order valence-corrected chi connectivity index (χ4v) is 2.37. The maximum absolute atomic E-state index is 12.7. The number of rotatable bonds is 5. The average molecular weight is 264 g/mol. The van der Waals surface area contributed by atoms with E-state index in [0.29, 0.717) is 18.7 Å². The Hall–Kier alpha value is -1.59. The van der Waals surface area contributed by atoms with Crippen LogP contribution in [0, 0.1) is 5.82 Å². The number of Topliss-reactive ketones (excluding diaryl/α,β-unsaturated/α-hetero) is 1. The molecule has 0 fully saturated rings. The summed E-state index contributed by atoms with van der Waals surface area (Å²) in [6.45, 7) is 0.527. The number of carbonyl (C=O) groups is 1. The molecule has 18 heavy (non-hydrogen) atoms. The van der Waals surface area contributed by atoms with Crippen LogP contribution in [0.4, 0.5) is 4.39 Å². The van der Waals surface area contributed by atoms with Gasteiger partial charge in [-0.15, -0.1) is 11.3 Å². The average Bonchev–Trinajstić information content (AvgIpc) is 2.81. The van der Waals surface area contributed by atoms with E-state index in [1.807, 2.05) is 0 Å². The molecule has 0 aliphatic carbocycles. The maximum atomic E-state index is 12.7. The quantitative estimate of drug-likeness (QED) is 0.842. The number of thiazole rings is 1. The minimum Gasteiger partial charge on any atom is -0.330 e. The first kappa shape index (κ1) is 12.9. The van der Waals surface area contributed by atoms with Crippen LogP contribution in [0.2, 0.25) is 0 Å². The van der Waals surface area contributed by atoms with E-state index in [1.165, 1.54) is 23.5 Å². The zero-order chi connectivity index (χ0) is 13.0. The van der Waals surface area contributed by atoms with Gasteiger partial charge < -0.3 is 5.73 Å². The zero-order valence-electron chi connectivity index (χ0n) is 9.73. The summed E-state index contributed by atoms with van der Waals surface area (Å²) in [5.41, 5.74) is 6.68. The third-order valence-electron chi connectivity index (χ3n) is 2.47. The zero-order valence-corrected chi connectivity index (χ0v) is 10.5. The normalized spacial score (nSPS) is 10.6. The second kappa shape index (κ2) is 5.84. The summed E-state index contributed by atoms with van der Waals surface area (Å²) in [5.74, 6) is -0.355. The lowest BCUT2D eigenvalue weighted by Gasteiger charge is -1.98. The summed E-state index contributed by atoms with van der Waals surface area (Å²) >= 11 is 1.44. The number of aromatic nitrogens is 1. The number of carbonyl (C=O) groups excluding carboxylic acids is 1. The van der Waals surface area contributed by atoms with Crippen molar-refractivity contribution in [3.05, 3.63) is 51.7 Å². The lowest BCUT2D eigenvalue weighted by atomic mass is 10.1. The fourth-order valence-electron chi connectivity index (χ4n) is 1.56. The van der Waals surface area contributed by atoms with Crippen LogP contribution in [0.1, 0.15) is 21.1 Å². The van der Waals surface area contributed by atoms with Crippen molar-refractivity contribution in [2.24, 2.45) is 5.73 Å². The maximum Gasteiger partial charge on any atom is 0.186 e. The number of nitrogens with two attached hydrogens (primary N) is 1. The summed E-state index contributed by atoms with van der Waals surface area (Å²) in [6.07, 6.45) is 0.931. The first-order chi connectivity index (χ1) is 8.69. The monoisotopic (exact) mass is 264 g/mol. The standard InChI is InChI=1S/C13H13FN2OS/c14-10-3-1-9(2-4-10)7-12(17)11-8-18-13(16-11)5-6-15/h1-4,8H,5-7,15H2. The van der Waals surface area contributed by atoms with Crippen LogP contribution < -0.4 is 5.73 Å². The molecule has 0 amide bonds. The highest BCUT2D eigenvalue weighted by molar-refractivity contribution is 7.09. The van der Waals surface area contributed by atoms with Gasteiger partial charge in [0.05, 0.1) is 5.01 Å². The molecular weight excluding hydrogens is 251 g/mol. The molecule has 2 N–H and O–H groups in total. The highest BCUT2D eigenvalue weighted by Crippen LogP contribution is 2.13. The number of hydrogen-bond donors (Lipinski definition) is 1. The molecule has 2 rings (SSSR count). The molecule has 0 bridgehead atoms. The topological polar surface area (TPSA) is 56.0 Å². The molecule has 0 spiro atoms. The first-order valence-corrected chi connectivity index (χ1v) is 6.49. The highest BCUT2D eigenvalue weighted by Gasteiger charge is 2.11. The van der Waals surface area contributed by atoms with Gasteiger partial charge in [-0.25, -0.2) is 9.37 Å². The van der Waals surface area contributed by atoms with Crippen LogP contribution in [-0.2, 0) is 12.8 Å². The molecular formula is C13H13FN2OS. The third-order valence-corrected chi connectivity index (χ3v) is 3.38. The largest absolute Gasteiger partial charge is 0.330 e. The Morgan fingerprint density at radius 2 is 2.06 bits per heavy atom. The van der Waals surface area contributed by atoms with E-state index in [1.54, 1.807) is 17.5 Å². The predicted molar refractivity (Wildman–Crippen MR) is 69.3 cm³/mol. The van der Waals surface area contributed by atoms with Crippen molar-refractivity contribution in [3.63, 3.8) is 0 Å². The lowest BCUT2D eigenvalue weighted by molar-refractivity contribution is 0.0988. The molecule has 0 unspecified atom stereocenters. The highest BCUT2D eigenvalue weighted by atomic mass is 32.1. The molecule has 0 saturated carbocycles. The van der Waals surface area contributed by atoms with Crippen LogP contribution in [0.5, 0.6) is 0 Å².